The summed E-state index contributed by atoms with van der Waals surface area (Å²) in [6, 6.07) is 1.41. The molecule has 0 amide bonds. The lowest BCUT2D eigenvalue weighted by Crippen LogP contribution is -2.58. The van der Waals surface area contributed by atoms with Crippen molar-refractivity contribution in [2.75, 3.05) is 13.1 Å². The largest absolute Gasteiger partial charge is 0.307 e. The molecule has 4 heteroatoms. The fourth-order valence-corrected chi connectivity index (χ4v) is 4.65. The maximum absolute atomic E-state index is 4.48. The van der Waals surface area contributed by atoms with Gasteiger partial charge in [0.15, 0.2) is 0 Å². The highest BCUT2D eigenvalue weighted by Gasteiger charge is 2.39. The number of nitrogens with zero attached hydrogens (tertiary/aromatic N) is 2. The van der Waals surface area contributed by atoms with Gasteiger partial charge in [-0.1, -0.05) is 6.42 Å². The molecule has 2 bridgehead atoms. The lowest BCUT2D eigenvalue weighted by atomic mass is 9.73. The molecule has 1 aromatic heterocycles. The van der Waals surface area contributed by atoms with Gasteiger partial charge in [0.1, 0.15) is 5.01 Å². The van der Waals surface area contributed by atoms with Gasteiger partial charge in [-0.15, -0.1) is 11.3 Å². The first-order valence-electron chi connectivity index (χ1n) is 8.02. The SMILES string of the molecule is Cc1cnc(CNC2C3CCCC2CN(C(C)C)C3)s1. The van der Waals surface area contributed by atoms with E-state index in [1.807, 2.05) is 17.5 Å². The molecule has 2 heterocycles. The number of likely N-dealkylation sites (tertiary alicyclic amines) is 1. The fourth-order valence-electron chi connectivity index (χ4n) is 3.92. The van der Waals surface area contributed by atoms with Crippen LogP contribution in [-0.4, -0.2) is 35.1 Å². The number of piperidine rings is 1. The average Bonchev–Trinajstić information content (AvgIpc) is 2.81. The second-order valence-electron chi connectivity index (χ2n) is 6.77. The number of aromatic nitrogens is 1. The highest BCUT2D eigenvalue weighted by molar-refractivity contribution is 7.11. The van der Waals surface area contributed by atoms with Crippen molar-refractivity contribution in [1.29, 1.82) is 0 Å². The van der Waals surface area contributed by atoms with Crippen molar-refractivity contribution in [2.45, 2.75) is 58.7 Å². The van der Waals surface area contributed by atoms with Crippen molar-refractivity contribution < 1.29 is 0 Å². The van der Waals surface area contributed by atoms with Crippen molar-refractivity contribution >= 4 is 11.3 Å². The van der Waals surface area contributed by atoms with Crippen LogP contribution >= 0.6 is 11.3 Å². The zero-order chi connectivity index (χ0) is 14.1. The van der Waals surface area contributed by atoms with Gasteiger partial charge in [-0.05, 0) is 45.4 Å². The molecule has 0 aromatic carbocycles. The van der Waals surface area contributed by atoms with Gasteiger partial charge in [0, 0.05) is 42.8 Å². The number of nitrogens with one attached hydrogen (secondary N) is 1. The van der Waals surface area contributed by atoms with Gasteiger partial charge in [0.2, 0.25) is 0 Å². The van der Waals surface area contributed by atoms with Gasteiger partial charge in [0.05, 0.1) is 0 Å². The van der Waals surface area contributed by atoms with Crippen molar-refractivity contribution in [3.05, 3.63) is 16.1 Å². The van der Waals surface area contributed by atoms with E-state index in [9.17, 15) is 0 Å². The van der Waals surface area contributed by atoms with Gasteiger partial charge in [-0.2, -0.15) is 0 Å². The first-order valence-corrected chi connectivity index (χ1v) is 8.84. The summed E-state index contributed by atoms with van der Waals surface area (Å²) in [6.07, 6.45) is 6.21. The fraction of sp³-hybridized carbons (Fsp3) is 0.812. The van der Waals surface area contributed by atoms with Crippen LogP contribution in [0.2, 0.25) is 0 Å². The highest BCUT2D eigenvalue weighted by atomic mass is 32.1. The Morgan fingerprint density at radius 1 is 1.35 bits per heavy atom. The second kappa shape index (κ2) is 6.12. The minimum Gasteiger partial charge on any atom is -0.307 e. The normalized spacial score (nSPS) is 30.9. The van der Waals surface area contributed by atoms with Crippen LogP contribution in [-0.2, 0) is 6.54 Å². The molecule has 1 N–H and O–H groups in total. The van der Waals surface area contributed by atoms with Gasteiger partial charge in [0.25, 0.3) is 0 Å². The van der Waals surface area contributed by atoms with Crippen LogP contribution < -0.4 is 5.32 Å². The minimum absolute atomic E-state index is 0.695. The molecule has 1 aromatic rings. The van der Waals surface area contributed by atoms with Crippen LogP contribution in [0.15, 0.2) is 6.20 Å². The topological polar surface area (TPSA) is 28.2 Å². The maximum Gasteiger partial charge on any atom is 0.107 e. The van der Waals surface area contributed by atoms with E-state index in [0.29, 0.717) is 12.1 Å². The number of thiazole rings is 1. The smallest absolute Gasteiger partial charge is 0.107 e. The van der Waals surface area contributed by atoms with Crippen LogP contribution in [0, 0.1) is 18.8 Å². The summed E-state index contributed by atoms with van der Waals surface area (Å²) < 4.78 is 0. The van der Waals surface area contributed by atoms with E-state index in [1.165, 1.54) is 42.2 Å². The predicted molar refractivity (Wildman–Crippen MR) is 85.0 cm³/mol. The summed E-state index contributed by atoms with van der Waals surface area (Å²) in [5.74, 6) is 1.68. The molecule has 1 saturated carbocycles. The molecule has 0 spiro atoms. The number of hydrogen-bond donors (Lipinski definition) is 1. The van der Waals surface area contributed by atoms with Crippen LogP contribution in [0.5, 0.6) is 0 Å². The molecular weight excluding hydrogens is 266 g/mol. The molecule has 3 nitrogen and oxygen atoms in total. The number of hydrogen-bond acceptors (Lipinski definition) is 4. The Hall–Kier alpha value is -0.450. The van der Waals surface area contributed by atoms with E-state index < -0.39 is 0 Å². The third kappa shape index (κ3) is 3.07. The van der Waals surface area contributed by atoms with Gasteiger partial charge in [-0.25, -0.2) is 4.98 Å². The lowest BCUT2D eigenvalue weighted by Gasteiger charge is -2.49. The van der Waals surface area contributed by atoms with Gasteiger partial charge in [-0.3, -0.25) is 0 Å². The Balaban J connectivity index is 1.61. The molecule has 1 aliphatic carbocycles. The van der Waals surface area contributed by atoms with Crippen LogP contribution in [0.25, 0.3) is 0 Å². The van der Waals surface area contributed by atoms with Crippen molar-refractivity contribution in [3.8, 4) is 0 Å². The molecular formula is C16H27N3S. The van der Waals surface area contributed by atoms with Crippen molar-refractivity contribution in [1.82, 2.24) is 15.2 Å². The Morgan fingerprint density at radius 3 is 2.60 bits per heavy atom. The zero-order valence-electron chi connectivity index (χ0n) is 12.9. The van der Waals surface area contributed by atoms with Crippen molar-refractivity contribution in [2.24, 2.45) is 11.8 Å². The van der Waals surface area contributed by atoms with E-state index in [2.05, 4.69) is 36.0 Å². The van der Waals surface area contributed by atoms with Crippen LogP contribution in [0.4, 0.5) is 0 Å². The summed E-state index contributed by atoms with van der Waals surface area (Å²) in [4.78, 5) is 8.48. The van der Waals surface area contributed by atoms with Crippen LogP contribution in [0.3, 0.4) is 0 Å². The van der Waals surface area contributed by atoms with Gasteiger partial charge < -0.3 is 10.2 Å². The van der Waals surface area contributed by atoms with Crippen LogP contribution in [0.1, 0.15) is 43.0 Å². The summed E-state index contributed by atoms with van der Waals surface area (Å²) in [5, 5.41) is 5.08. The molecule has 2 atom stereocenters. The second-order valence-corrected chi connectivity index (χ2v) is 8.09. The molecule has 1 aliphatic heterocycles. The molecule has 20 heavy (non-hydrogen) atoms. The molecule has 2 aliphatic rings. The first-order chi connectivity index (χ1) is 9.63. The summed E-state index contributed by atoms with van der Waals surface area (Å²) in [5.41, 5.74) is 0. The molecule has 2 unspecified atom stereocenters. The first kappa shape index (κ1) is 14.5. The van der Waals surface area contributed by atoms with E-state index in [0.717, 1.165) is 18.4 Å². The number of aryl methyl sites for hydroxylation is 1. The molecule has 0 radical (unpaired) electrons. The third-order valence-corrected chi connectivity index (χ3v) is 5.90. The van der Waals surface area contributed by atoms with Crippen molar-refractivity contribution in [3.63, 3.8) is 0 Å². The zero-order valence-corrected chi connectivity index (χ0v) is 13.7. The lowest BCUT2D eigenvalue weighted by molar-refractivity contribution is 0.0290. The monoisotopic (exact) mass is 293 g/mol. The van der Waals surface area contributed by atoms with E-state index in [1.54, 1.807) is 0 Å². The summed E-state index contributed by atoms with van der Waals surface area (Å²) in [7, 11) is 0. The van der Waals surface area contributed by atoms with E-state index in [4.69, 9.17) is 0 Å². The standard InChI is InChI=1S/C16H27N3S/c1-11(2)19-9-13-5-4-6-14(10-19)16(13)18-8-15-17-7-12(3)20-15/h7,11,13-14,16,18H,4-6,8-10H2,1-3H3. The third-order valence-electron chi connectivity index (χ3n) is 4.99. The van der Waals surface area contributed by atoms with E-state index >= 15 is 0 Å². The average molecular weight is 293 g/mol. The quantitative estimate of drug-likeness (QED) is 0.925. The Labute approximate surface area is 126 Å². The number of rotatable bonds is 4. The Morgan fingerprint density at radius 2 is 2.05 bits per heavy atom. The Bertz CT molecular complexity index is 429. The molecule has 1 saturated heterocycles. The Kier molecular flexibility index (Phi) is 4.43. The predicted octanol–water partition coefficient (Wildman–Crippen LogP) is 3.05. The number of fused-ring (bicyclic) bond motifs is 2. The summed E-state index contributed by atoms with van der Waals surface area (Å²) in [6.45, 7) is 10.3. The van der Waals surface area contributed by atoms with E-state index in [-0.39, 0.29) is 0 Å². The summed E-state index contributed by atoms with van der Waals surface area (Å²) >= 11 is 1.83. The molecule has 112 valence electrons. The highest BCUT2D eigenvalue weighted by Crippen LogP contribution is 2.35. The maximum atomic E-state index is 4.48. The van der Waals surface area contributed by atoms with Gasteiger partial charge >= 0.3 is 0 Å². The minimum atomic E-state index is 0.695. The molecule has 2 fully saturated rings. The molecule has 3 rings (SSSR count).